The number of likely N-dealkylation sites (tertiary alicyclic amines) is 1. The first-order chi connectivity index (χ1) is 11.5. The molecule has 2 bridgehead atoms. The molecule has 0 radical (unpaired) electrons. The molecule has 1 amide bonds. The minimum Gasteiger partial charge on any atom is -0.478 e. The van der Waals surface area contributed by atoms with E-state index in [1.807, 2.05) is 22.4 Å². The molecule has 2 saturated heterocycles. The average molecular weight is 352 g/mol. The van der Waals surface area contributed by atoms with Crippen molar-refractivity contribution in [2.45, 2.75) is 6.42 Å². The van der Waals surface area contributed by atoms with Gasteiger partial charge in [0.05, 0.1) is 4.88 Å². The maximum Gasteiger partial charge on any atom is 0.328 e. The van der Waals surface area contributed by atoms with Crippen LogP contribution in [0.3, 0.4) is 0 Å². The van der Waals surface area contributed by atoms with Gasteiger partial charge in [-0.05, 0) is 42.8 Å². The average Bonchev–Trinajstić information content (AvgIpc) is 3.07. The van der Waals surface area contributed by atoms with E-state index in [-0.39, 0.29) is 5.91 Å². The summed E-state index contributed by atoms with van der Waals surface area (Å²) >= 11 is 1.55. The molecule has 0 saturated carbocycles. The van der Waals surface area contributed by atoms with Crippen LogP contribution in [0.15, 0.2) is 29.7 Å². The number of hydrogen-bond donors (Lipinski definition) is 3. The van der Waals surface area contributed by atoms with Crippen LogP contribution in [-0.4, -0.2) is 59.1 Å². The number of carbonyl (C=O) groups is 3. The minimum absolute atomic E-state index is 0.228. The van der Waals surface area contributed by atoms with E-state index in [4.69, 9.17) is 10.2 Å². The van der Waals surface area contributed by atoms with Crippen LogP contribution in [0.2, 0.25) is 0 Å². The van der Waals surface area contributed by atoms with Crippen LogP contribution in [0.25, 0.3) is 0 Å². The normalized spacial score (nSPS) is 22.6. The summed E-state index contributed by atoms with van der Waals surface area (Å²) in [4.78, 5) is 34.2. The molecule has 0 aromatic carbocycles. The molecule has 24 heavy (non-hydrogen) atoms. The molecule has 2 aliphatic rings. The Morgan fingerprint density at radius 2 is 1.71 bits per heavy atom. The second kappa shape index (κ2) is 8.60. The van der Waals surface area contributed by atoms with Gasteiger partial charge in [-0.25, -0.2) is 9.59 Å². The highest BCUT2D eigenvalue weighted by atomic mass is 32.1. The molecule has 3 heterocycles. The molecule has 8 heteroatoms. The number of amides is 1. The predicted molar refractivity (Wildman–Crippen MR) is 89.1 cm³/mol. The lowest BCUT2D eigenvalue weighted by molar-refractivity contribution is -0.134. The van der Waals surface area contributed by atoms with Gasteiger partial charge in [0.2, 0.25) is 0 Å². The van der Waals surface area contributed by atoms with E-state index in [1.165, 1.54) is 6.42 Å². The third-order valence-corrected chi connectivity index (χ3v) is 4.74. The molecule has 0 spiro atoms. The van der Waals surface area contributed by atoms with Crippen molar-refractivity contribution < 1.29 is 24.6 Å². The third kappa shape index (κ3) is 5.47. The molecule has 7 nitrogen and oxygen atoms in total. The van der Waals surface area contributed by atoms with Gasteiger partial charge in [-0.2, -0.15) is 0 Å². The Balaban J connectivity index is 0.000000224. The third-order valence-electron chi connectivity index (χ3n) is 3.88. The van der Waals surface area contributed by atoms with Crippen molar-refractivity contribution in [2.24, 2.45) is 11.8 Å². The van der Waals surface area contributed by atoms with Crippen LogP contribution in [0.1, 0.15) is 16.1 Å². The Morgan fingerprint density at radius 1 is 1.12 bits per heavy atom. The summed E-state index contributed by atoms with van der Waals surface area (Å²) in [5.41, 5.74) is 0. The minimum atomic E-state index is -1.26. The first-order valence-corrected chi connectivity index (χ1v) is 8.51. The van der Waals surface area contributed by atoms with Crippen molar-refractivity contribution in [3.63, 3.8) is 0 Å². The van der Waals surface area contributed by atoms with Gasteiger partial charge < -0.3 is 20.4 Å². The number of rotatable bonds is 3. The number of hydrogen-bond acceptors (Lipinski definition) is 5. The number of carbonyl (C=O) groups excluding carboxylic acids is 1. The van der Waals surface area contributed by atoms with Crippen molar-refractivity contribution in [1.82, 2.24) is 10.2 Å². The number of thiophene rings is 1. The molecule has 0 unspecified atom stereocenters. The van der Waals surface area contributed by atoms with Gasteiger partial charge in [-0.1, -0.05) is 6.07 Å². The van der Waals surface area contributed by atoms with Crippen molar-refractivity contribution >= 4 is 29.2 Å². The number of nitrogens with zero attached hydrogens (tertiary/aromatic N) is 1. The lowest BCUT2D eigenvalue weighted by atomic mass is 9.86. The maximum atomic E-state index is 12.2. The molecule has 1 aromatic rings. The summed E-state index contributed by atoms with van der Waals surface area (Å²) in [6.45, 7) is 4.01. The van der Waals surface area contributed by atoms with Crippen LogP contribution >= 0.6 is 11.3 Å². The summed E-state index contributed by atoms with van der Waals surface area (Å²) in [7, 11) is 0. The number of carboxylic acids is 2. The standard InChI is InChI=1S/C12H16N2OS.C4H4O4/c15-12(11-2-1-3-16-11)14-7-9-4-10(8-14)6-13-5-9;5-3(6)1-2-4(7)8/h1-3,9-10,13H,4-8H2;1-2H,(H,5,6)(H,7,8)/b;2-1+/t9-,10+;. The van der Waals surface area contributed by atoms with Crippen LogP contribution < -0.4 is 5.32 Å². The lowest BCUT2D eigenvalue weighted by Crippen LogP contribution is -2.52. The Labute approximate surface area is 143 Å². The first-order valence-electron chi connectivity index (χ1n) is 7.63. The first kappa shape index (κ1) is 18.2. The van der Waals surface area contributed by atoms with Gasteiger partial charge in [-0.3, -0.25) is 4.79 Å². The molecule has 0 aliphatic carbocycles. The molecule has 3 N–H and O–H groups in total. The van der Waals surface area contributed by atoms with E-state index in [1.54, 1.807) is 11.3 Å². The quantitative estimate of drug-likeness (QED) is 0.704. The van der Waals surface area contributed by atoms with Crippen LogP contribution in [0, 0.1) is 11.8 Å². The molecular weight excluding hydrogens is 332 g/mol. The second-order valence-corrected chi connectivity index (χ2v) is 6.77. The van der Waals surface area contributed by atoms with Gasteiger partial charge >= 0.3 is 11.9 Å². The highest BCUT2D eigenvalue weighted by Crippen LogP contribution is 2.26. The maximum absolute atomic E-state index is 12.2. The van der Waals surface area contributed by atoms with Crippen LogP contribution in [-0.2, 0) is 9.59 Å². The van der Waals surface area contributed by atoms with Gasteiger partial charge in [0.1, 0.15) is 0 Å². The zero-order valence-electron chi connectivity index (χ0n) is 13.1. The van der Waals surface area contributed by atoms with E-state index < -0.39 is 11.9 Å². The highest BCUT2D eigenvalue weighted by Gasteiger charge is 2.33. The fraction of sp³-hybridized carbons (Fsp3) is 0.438. The molecule has 130 valence electrons. The van der Waals surface area contributed by atoms with E-state index in [9.17, 15) is 14.4 Å². The largest absolute Gasteiger partial charge is 0.478 e. The molecule has 1 aromatic heterocycles. The number of piperidine rings is 2. The van der Waals surface area contributed by atoms with Crippen molar-refractivity contribution in [2.75, 3.05) is 26.2 Å². The lowest BCUT2D eigenvalue weighted by Gasteiger charge is -2.41. The Morgan fingerprint density at radius 3 is 2.17 bits per heavy atom. The summed E-state index contributed by atoms with van der Waals surface area (Å²) in [5.74, 6) is -0.959. The second-order valence-electron chi connectivity index (χ2n) is 5.82. The number of nitrogens with one attached hydrogen (secondary N) is 1. The SMILES string of the molecule is O=C(O)/C=C/C(=O)O.O=C(c1cccs1)N1C[C@@H]2CNC[C@@H](C2)C1. The smallest absolute Gasteiger partial charge is 0.328 e. The Kier molecular flexibility index (Phi) is 6.51. The van der Waals surface area contributed by atoms with E-state index in [0.717, 1.165) is 31.1 Å². The molecule has 3 rings (SSSR count). The Hall–Kier alpha value is -2.19. The van der Waals surface area contributed by atoms with Gasteiger partial charge in [0.25, 0.3) is 5.91 Å². The number of fused-ring (bicyclic) bond motifs is 2. The molecule has 2 aliphatic heterocycles. The van der Waals surface area contributed by atoms with Crippen molar-refractivity contribution in [1.29, 1.82) is 0 Å². The number of carboxylic acid groups (broad SMARTS) is 2. The van der Waals surface area contributed by atoms with E-state index in [0.29, 0.717) is 24.0 Å². The zero-order chi connectivity index (χ0) is 17.5. The van der Waals surface area contributed by atoms with Gasteiger partial charge in [-0.15, -0.1) is 11.3 Å². The van der Waals surface area contributed by atoms with Gasteiger partial charge in [0.15, 0.2) is 0 Å². The van der Waals surface area contributed by atoms with Crippen LogP contribution in [0.4, 0.5) is 0 Å². The number of aliphatic carboxylic acids is 2. The highest BCUT2D eigenvalue weighted by molar-refractivity contribution is 7.12. The topological polar surface area (TPSA) is 107 Å². The fourth-order valence-electron chi connectivity index (χ4n) is 2.97. The molecule has 2 atom stereocenters. The van der Waals surface area contributed by atoms with E-state index in [2.05, 4.69) is 5.32 Å². The van der Waals surface area contributed by atoms with Gasteiger partial charge in [0, 0.05) is 25.2 Å². The fourth-order valence-corrected chi connectivity index (χ4v) is 3.66. The van der Waals surface area contributed by atoms with Crippen molar-refractivity contribution in [3.8, 4) is 0 Å². The zero-order valence-corrected chi connectivity index (χ0v) is 13.9. The summed E-state index contributed by atoms with van der Waals surface area (Å²) in [6, 6.07) is 3.87. The summed E-state index contributed by atoms with van der Waals surface area (Å²) in [5, 5.41) is 21.0. The predicted octanol–water partition coefficient (Wildman–Crippen LogP) is 1.14. The van der Waals surface area contributed by atoms with Crippen molar-refractivity contribution in [3.05, 3.63) is 34.5 Å². The monoisotopic (exact) mass is 352 g/mol. The summed E-state index contributed by atoms with van der Waals surface area (Å²) < 4.78 is 0. The molecular formula is C16H20N2O5S. The Bertz CT molecular complexity index is 586. The van der Waals surface area contributed by atoms with E-state index >= 15 is 0 Å². The summed E-state index contributed by atoms with van der Waals surface area (Å²) in [6.07, 6.45) is 2.41. The van der Waals surface area contributed by atoms with Crippen LogP contribution in [0.5, 0.6) is 0 Å². The molecule has 2 fully saturated rings.